The van der Waals surface area contributed by atoms with Crippen molar-refractivity contribution in [1.29, 1.82) is 5.41 Å². The van der Waals surface area contributed by atoms with E-state index in [1.165, 1.54) is 0 Å². The maximum atomic E-state index is 11.8. The van der Waals surface area contributed by atoms with Gasteiger partial charge >= 0.3 is 5.97 Å². The van der Waals surface area contributed by atoms with Crippen molar-refractivity contribution in [2.24, 2.45) is 11.5 Å². The second-order valence-corrected chi connectivity index (χ2v) is 6.31. The fraction of sp³-hybridized carbons (Fsp3) is 0.562. The zero-order valence-electron chi connectivity index (χ0n) is 17.3. The lowest BCUT2D eigenvalue weighted by Crippen LogP contribution is -2.47. The normalized spacial score (nSPS) is 10.8. The van der Waals surface area contributed by atoms with Crippen LogP contribution >= 0.6 is 0 Å². The molecule has 16 heteroatoms. The summed E-state index contributed by atoms with van der Waals surface area (Å²) in [6.45, 7) is -2.00. The molecule has 0 bridgehead atoms. The van der Waals surface area contributed by atoms with Gasteiger partial charge in [-0.05, 0) is 12.8 Å². The Morgan fingerprint density at radius 1 is 0.719 bits per heavy atom. The molecule has 0 unspecified atom stereocenters. The quantitative estimate of drug-likeness (QED) is 0.0629. The molecule has 0 spiro atoms. The summed E-state index contributed by atoms with van der Waals surface area (Å²) in [5.41, 5.74) is 10.8. The molecule has 16 nitrogen and oxygen atoms in total. The van der Waals surface area contributed by atoms with Gasteiger partial charge in [0.15, 0.2) is 5.96 Å². The maximum Gasteiger partial charge on any atom is 0.322 e. The molecule has 12 N–H and O–H groups in total. The van der Waals surface area contributed by atoms with Crippen LogP contribution in [0.5, 0.6) is 0 Å². The van der Waals surface area contributed by atoms with Crippen LogP contribution in [-0.2, 0) is 28.8 Å². The molecule has 0 radical (unpaired) electrons. The predicted octanol–water partition coefficient (Wildman–Crippen LogP) is -5.76. The molecule has 0 rings (SSSR count). The highest BCUT2D eigenvalue weighted by molar-refractivity contribution is 5.91. The molecule has 0 aliphatic rings. The van der Waals surface area contributed by atoms with Crippen LogP contribution in [0.2, 0.25) is 0 Å². The minimum atomic E-state index is -1.24. The van der Waals surface area contributed by atoms with E-state index >= 15 is 0 Å². The molecular formula is C16H29N9O7. The molecule has 5 amide bonds. The van der Waals surface area contributed by atoms with Gasteiger partial charge in [-0.1, -0.05) is 0 Å². The van der Waals surface area contributed by atoms with Gasteiger partial charge < -0.3 is 48.5 Å². The minimum absolute atomic E-state index is 0.190. The van der Waals surface area contributed by atoms with Gasteiger partial charge in [-0.25, -0.2) is 0 Å². The van der Waals surface area contributed by atoms with E-state index in [1.54, 1.807) is 0 Å². The van der Waals surface area contributed by atoms with Crippen molar-refractivity contribution in [3.63, 3.8) is 0 Å². The van der Waals surface area contributed by atoms with E-state index in [9.17, 15) is 28.8 Å². The van der Waals surface area contributed by atoms with Gasteiger partial charge in [-0.2, -0.15) is 0 Å². The van der Waals surface area contributed by atoms with Crippen molar-refractivity contribution in [2.75, 3.05) is 39.3 Å². The van der Waals surface area contributed by atoms with Crippen LogP contribution < -0.4 is 43.4 Å². The average Bonchev–Trinajstić information content (AvgIpc) is 2.73. The van der Waals surface area contributed by atoms with E-state index in [0.29, 0.717) is 19.4 Å². The van der Waals surface area contributed by atoms with E-state index in [-0.39, 0.29) is 5.96 Å². The zero-order chi connectivity index (χ0) is 24.5. The van der Waals surface area contributed by atoms with E-state index in [1.807, 2.05) is 5.32 Å². The number of carboxylic acids is 1. The van der Waals surface area contributed by atoms with E-state index < -0.39 is 74.3 Å². The predicted molar refractivity (Wildman–Crippen MR) is 110 cm³/mol. The highest BCUT2D eigenvalue weighted by atomic mass is 16.4. The van der Waals surface area contributed by atoms with Gasteiger partial charge in [-0.15, -0.1) is 0 Å². The molecule has 0 aromatic carbocycles. The van der Waals surface area contributed by atoms with Crippen LogP contribution in [0.4, 0.5) is 0 Å². The Labute approximate surface area is 183 Å². The van der Waals surface area contributed by atoms with Gasteiger partial charge in [0.25, 0.3) is 0 Å². The molecule has 0 fully saturated rings. The third-order valence-corrected chi connectivity index (χ3v) is 3.54. The van der Waals surface area contributed by atoms with Gasteiger partial charge in [0.1, 0.15) is 6.54 Å². The monoisotopic (exact) mass is 459 g/mol. The van der Waals surface area contributed by atoms with Crippen molar-refractivity contribution >= 4 is 41.5 Å². The summed E-state index contributed by atoms with van der Waals surface area (Å²) in [5, 5.41) is 28.9. The Morgan fingerprint density at radius 3 is 1.53 bits per heavy atom. The smallest absolute Gasteiger partial charge is 0.322 e. The number of amides is 5. The summed E-state index contributed by atoms with van der Waals surface area (Å²) in [7, 11) is 0. The molecule has 0 heterocycles. The number of aliphatic carboxylic acids is 1. The number of guanidine groups is 1. The van der Waals surface area contributed by atoms with Crippen LogP contribution in [0.1, 0.15) is 12.8 Å². The summed E-state index contributed by atoms with van der Waals surface area (Å²) in [4.78, 5) is 68.1. The number of nitrogens with two attached hydrogens (primary N) is 2. The summed E-state index contributed by atoms with van der Waals surface area (Å²) < 4.78 is 0. The first-order chi connectivity index (χ1) is 15.0. The van der Waals surface area contributed by atoms with Gasteiger partial charge in [0.2, 0.25) is 29.5 Å². The molecule has 180 valence electrons. The first kappa shape index (κ1) is 28.0. The Hall–Kier alpha value is -3.95. The minimum Gasteiger partial charge on any atom is -0.480 e. The van der Waals surface area contributed by atoms with Crippen LogP contribution in [0.15, 0.2) is 0 Å². The molecule has 0 aromatic rings. The number of hydrogen-bond donors (Lipinski definition) is 10. The first-order valence-corrected chi connectivity index (χ1v) is 9.41. The molecule has 0 aliphatic carbocycles. The SMILES string of the molecule is N=C(N)NCCC[C@H](N)C(=O)NCC(=O)NCC(=O)NCC(=O)NCC(=O)NCC(=O)O. The topological polar surface area (TPSA) is 271 Å². The fourth-order valence-corrected chi connectivity index (χ4v) is 1.94. The molecule has 0 saturated heterocycles. The van der Waals surface area contributed by atoms with Crippen LogP contribution in [0, 0.1) is 5.41 Å². The van der Waals surface area contributed by atoms with E-state index in [4.69, 9.17) is 22.0 Å². The summed E-state index contributed by atoms with van der Waals surface area (Å²) in [6.07, 6.45) is 0.792. The number of nitrogens with one attached hydrogen (secondary N) is 7. The Balaban J connectivity index is 3.92. The van der Waals surface area contributed by atoms with Gasteiger partial charge in [-0.3, -0.25) is 34.2 Å². The van der Waals surface area contributed by atoms with Crippen LogP contribution in [-0.4, -0.2) is 91.9 Å². The van der Waals surface area contributed by atoms with E-state index in [0.717, 1.165) is 0 Å². The van der Waals surface area contributed by atoms with Crippen molar-refractivity contribution in [3.05, 3.63) is 0 Å². The third kappa shape index (κ3) is 15.9. The maximum absolute atomic E-state index is 11.8. The standard InChI is InChI=1S/C16H29N9O7/c17-9(2-1-3-20-16(18)19)15(32)25-7-13(29)23-5-11(27)21-4-10(26)22-6-12(28)24-8-14(30)31/h9H,1-8,17H2,(H,21,27)(H,22,26)(H,23,29)(H,24,28)(H,25,32)(H,30,31)(H4,18,19,20)/t9-/m0/s1. The van der Waals surface area contributed by atoms with Crippen molar-refractivity contribution < 1.29 is 33.9 Å². The lowest BCUT2D eigenvalue weighted by atomic mass is 10.1. The van der Waals surface area contributed by atoms with Gasteiger partial charge in [0.05, 0.1) is 32.2 Å². The number of hydrogen-bond acceptors (Lipinski definition) is 8. The Kier molecular flexibility index (Phi) is 13.9. The van der Waals surface area contributed by atoms with Gasteiger partial charge in [0, 0.05) is 6.54 Å². The number of carboxylic acid groups (broad SMARTS) is 1. The van der Waals surface area contributed by atoms with E-state index in [2.05, 4.69) is 26.6 Å². The highest BCUT2D eigenvalue weighted by Gasteiger charge is 2.14. The van der Waals surface area contributed by atoms with Crippen molar-refractivity contribution in [1.82, 2.24) is 31.9 Å². The fourth-order valence-electron chi connectivity index (χ4n) is 1.94. The lowest BCUT2D eigenvalue weighted by Gasteiger charge is -2.12. The zero-order valence-corrected chi connectivity index (χ0v) is 17.3. The average molecular weight is 459 g/mol. The second kappa shape index (κ2) is 15.8. The molecular weight excluding hydrogens is 430 g/mol. The summed E-state index contributed by atoms with van der Waals surface area (Å²) in [6, 6.07) is -0.857. The molecule has 0 saturated carbocycles. The number of rotatable bonds is 15. The first-order valence-electron chi connectivity index (χ1n) is 9.41. The largest absolute Gasteiger partial charge is 0.480 e. The van der Waals surface area contributed by atoms with Crippen LogP contribution in [0.3, 0.4) is 0 Å². The molecule has 0 aliphatic heterocycles. The lowest BCUT2D eigenvalue weighted by molar-refractivity contribution is -0.137. The number of carbonyl (C=O) groups excluding carboxylic acids is 5. The highest BCUT2D eigenvalue weighted by Crippen LogP contribution is 1.93. The molecule has 1 atom stereocenters. The Morgan fingerprint density at radius 2 is 1.12 bits per heavy atom. The van der Waals surface area contributed by atoms with Crippen molar-refractivity contribution in [2.45, 2.75) is 18.9 Å². The summed E-state index contributed by atoms with van der Waals surface area (Å²) >= 11 is 0. The second-order valence-electron chi connectivity index (χ2n) is 6.31. The molecule has 0 aromatic heterocycles. The van der Waals surface area contributed by atoms with Crippen LogP contribution in [0.25, 0.3) is 0 Å². The Bertz CT molecular complexity index is 714. The number of carbonyl (C=O) groups is 6. The third-order valence-electron chi connectivity index (χ3n) is 3.54. The summed E-state index contributed by atoms with van der Waals surface area (Å²) in [5.74, 6) is -4.74. The van der Waals surface area contributed by atoms with Crippen molar-refractivity contribution in [3.8, 4) is 0 Å². The molecule has 32 heavy (non-hydrogen) atoms.